The van der Waals surface area contributed by atoms with Gasteiger partial charge in [0.1, 0.15) is 17.4 Å². The van der Waals surface area contributed by atoms with Crippen LogP contribution in [0.1, 0.15) is 57.4 Å². The molecular weight excluding hydrogens is 458 g/mol. The van der Waals surface area contributed by atoms with Gasteiger partial charge in [-0.25, -0.2) is 8.78 Å². The molecule has 5 rings (SSSR count). The summed E-state index contributed by atoms with van der Waals surface area (Å²) in [5, 5.41) is 3.13. The van der Waals surface area contributed by atoms with Crippen molar-refractivity contribution < 1.29 is 18.3 Å². The number of nitrogens with one attached hydrogen (secondary N) is 1. The van der Waals surface area contributed by atoms with Gasteiger partial charge in [-0.15, -0.1) is 0 Å². The van der Waals surface area contributed by atoms with Gasteiger partial charge in [-0.2, -0.15) is 0 Å². The van der Waals surface area contributed by atoms with E-state index in [0.29, 0.717) is 16.9 Å². The number of benzene rings is 1. The summed E-state index contributed by atoms with van der Waals surface area (Å²) in [6, 6.07) is 3.47. The normalized spacial score (nSPS) is 32.7. The van der Waals surface area contributed by atoms with E-state index in [1.165, 1.54) is 56.6 Å². The number of halogens is 2. The summed E-state index contributed by atoms with van der Waals surface area (Å²) in [5.41, 5.74) is 0.864. The number of hydrogen-bond donors (Lipinski definition) is 1. The highest BCUT2D eigenvalue weighted by Gasteiger charge is 2.61. The van der Waals surface area contributed by atoms with Crippen LogP contribution in [0.25, 0.3) is 6.08 Å². The molecule has 36 heavy (non-hydrogen) atoms. The Balaban J connectivity index is 1.07. The van der Waals surface area contributed by atoms with E-state index in [2.05, 4.69) is 35.4 Å². The zero-order chi connectivity index (χ0) is 25.3. The van der Waals surface area contributed by atoms with E-state index in [4.69, 9.17) is 4.74 Å². The summed E-state index contributed by atoms with van der Waals surface area (Å²) in [7, 11) is 1.73. The summed E-state index contributed by atoms with van der Waals surface area (Å²) in [4.78, 5) is 15.1. The van der Waals surface area contributed by atoms with Gasteiger partial charge in [-0.3, -0.25) is 4.79 Å². The molecule has 1 spiro atoms. The van der Waals surface area contributed by atoms with Crippen molar-refractivity contribution >= 4 is 12.0 Å². The molecule has 3 aliphatic carbocycles. The van der Waals surface area contributed by atoms with Crippen LogP contribution in [0.2, 0.25) is 0 Å². The van der Waals surface area contributed by atoms with Crippen LogP contribution in [0.15, 0.2) is 48.3 Å². The summed E-state index contributed by atoms with van der Waals surface area (Å²) in [6.45, 7) is 5.90. The molecule has 1 saturated heterocycles. The van der Waals surface area contributed by atoms with Crippen LogP contribution < -0.4 is 5.32 Å². The molecule has 4 aliphatic rings. The molecule has 1 heterocycles. The highest BCUT2D eigenvalue weighted by atomic mass is 19.1. The van der Waals surface area contributed by atoms with Crippen LogP contribution in [-0.2, 0) is 9.53 Å². The molecule has 3 unspecified atom stereocenters. The van der Waals surface area contributed by atoms with Gasteiger partial charge in [0.15, 0.2) is 0 Å². The Labute approximate surface area is 213 Å². The molecular formula is C30H38F2N2O2. The van der Waals surface area contributed by atoms with Crippen LogP contribution >= 0.6 is 0 Å². The van der Waals surface area contributed by atoms with Gasteiger partial charge in [0.2, 0.25) is 5.91 Å². The molecule has 1 aliphatic heterocycles. The van der Waals surface area contributed by atoms with Crippen molar-refractivity contribution in [3.63, 3.8) is 0 Å². The molecule has 0 radical (unpaired) electrons. The molecule has 0 bridgehead atoms. The number of hydrogen-bond acceptors (Lipinski definition) is 3. The van der Waals surface area contributed by atoms with Crippen molar-refractivity contribution in [2.45, 2.75) is 57.9 Å². The molecule has 0 aromatic heterocycles. The minimum absolute atomic E-state index is 0.193. The first-order chi connectivity index (χ1) is 17.3. The predicted molar refractivity (Wildman–Crippen MR) is 138 cm³/mol. The second-order valence-electron chi connectivity index (χ2n) is 11.8. The quantitative estimate of drug-likeness (QED) is 0.481. The predicted octanol–water partition coefficient (Wildman–Crippen LogP) is 5.86. The topological polar surface area (TPSA) is 41.6 Å². The second kappa shape index (κ2) is 10.1. The molecule has 194 valence electrons. The average Bonchev–Trinajstić information content (AvgIpc) is 3.39. The van der Waals surface area contributed by atoms with Crippen molar-refractivity contribution in [2.24, 2.45) is 22.7 Å². The first-order valence-corrected chi connectivity index (χ1v) is 13.4. The maximum Gasteiger partial charge on any atom is 0.244 e. The van der Waals surface area contributed by atoms with E-state index < -0.39 is 11.6 Å². The van der Waals surface area contributed by atoms with Crippen molar-refractivity contribution in [2.75, 3.05) is 26.7 Å². The largest absolute Gasteiger partial charge is 0.497 e. The number of rotatable bonds is 7. The van der Waals surface area contributed by atoms with E-state index in [9.17, 15) is 13.6 Å². The Bertz CT molecular complexity index is 1050. The Morgan fingerprint density at radius 1 is 1.19 bits per heavy atom. The van der Waals surface area contributed by atoms with Gasteiger partial charge in [-0.05, 0) is 117 Å². The molecule has 1 N–H and O–H groups in total. The molecule has 6 heteroatoms. The number of carbonyl (C=O) groups excluding carboxylic acids is 1. The summed E-state index contributed by atoms with van der Waals surface area (Å²) < 4.78 is 32.0. The first-order valence-electron chi connectivity index (χ1n) is 13.4. The number of amides is 1. The number of carbonyl (C=O) groups is 1. The lowest BCUT2D eigenvalue weighted by atomic mass is 9.79. The average molecular weight is 497 g/mol. The summed E-state index contributed by atoms with van der Waals surface area (Å²) in [5.74, 6) is 0.903. The fourth-order valence-corrected chi connectivity index (χ4v) is 7.00. The number of likely N-dealkylation sites (tertiary alicyclic amines) is 1. The van der Waals surface area contributed by atoms with E-state index in [0.717, 1.165) is 50.0 Å². The van der Waals surface area contributed by atoms with Gasteiger partial charge in [0.25, 0.3) is 0 Å². The van der Waals surface area contributed by atoms with Crippen molar-refractivity contribution in [1.82, 2.24) is 10.2 Å². The molecule has 3 fully saturated rings. The zero-order valence-corrected chi connectivity index (χ0v) is 21.4. The number of nitrogens with zero attached hydrogens (tertiary/aromatic N) is 1. The Morgan fingerprint density at radius 2 is 1.94 bits per heavy atom. The third kappa shape index (κ3) is 5.74. The highest BCUT2D eigenvalue weighted by Crippen LogP contribution is 2.63. The molecule has 1 amide bonds. The summed E-state index contributed by atoms with van der Waals surface area (Å²) >= 11 is 0. The van der Waals surface area contributed by atoms with Gasteiger partial charge in [-0.1, -0.05) is 13.0 Å². The van der Waals surface area contributed by atoms with Crippen LogP contribution in [0.5, 0.6) is 0 Å². The smallest absolute Gasteiger partial charge is 0.244 e. The van der Waals surface area contributed by atoms with Crippen LogP contribution in [-0.4, -0.2) is 43.6 Å². The zero-order valence-electron chi connectivity index (χ0n) is 21.4. The standard InChI is InChI=1S/C30H38F2N2O2/c1-29(20-34-13-9-23(10-14-34)22-4-6-26(36-2)7-5-22)11-12-30(19-29)18-27(30)33-28(35)8-3-21-15-24(31)17-25(32)16-21/h3-4,6-8,15-17,22-23,27H,5,9-14,18-20H2,1-2H3,(H,33,35)/b8-3+/t22?,27?,29-,30?/m1/s1. The van der Waals surface area contributed by atoms with E-state index >= 15 is 0 Å². The minimum atomic E-state index is -0.644. The van der Waals surface area contributed by atoms with Gasteiger partial charge in [0, 0.05) is 24.7 Å². The highest BCUT2D eigenvalue weighted by molar-refractivity contribution is 5.92. The third-order valence-corrected chi connectivity index (χ3v) is 9.00. The second-order valence-corrected chi connectivity index (χ2v) is 11.8. The van der Waals surface area contributed by atoms with Crippen molar-refractivity contribution in [3.8, 4) is 0 Å². The molecule has 1 aromatic rings. The minimum Gasteiger partial charge on any atom is -0.497 e. The molecule has 1 aromatic carbocycles. The van der Waals surface area contributed by atoms with Gasteiger partial charge in [0.05, 0.1) is 7.11 Å². The number of ether oxygens (including phenoxy) is 1. The first kappa shape index (κ1) is 25.2. The number of allylic oxidation sites excluding steroid dienone is 3. The lowest BCUT2D eigenvalue weighted by Crippen LogP contribution is -2.41. The van der Waals surface area contributed by atoms with Gasteiger partial charge >= 0.3 is 0 Å². The van der Waals surface area contributed by atoms with Gasteiger partial charge < -0.3 is 15.0 Å². The summed E-state index contributed by atoms with van der Waals surface area (Å²) in [6.07, 6.45) is 17.7. The van der Waals surface area contributed by atoms with E-state index in [1.54, 1.807) is 7.11 Å². The maximum atomic E-state index is 13.4. The molecule has 4 atom stereocenters. The fourth-order valence-electron chi connectivity index (χ4n) is 7.00. The lowest BCUT2D eigenvalue weighted by molar-refractivity contribution is -0.116. The van der Waals surface area contributed by atoms with Crippen LogP contribution in [0, 0.1) is 34.3 Å². The Kier molecular flexibility index (Phi) is 7.08. The van der Waals surface area contributed by atoms with Crippen LogP contribution in [0.4, 0.5) is 8.78 Å². The molecule has 4 nitrogen and oxygen atoms in total. The van der Waals surface area contributed by atoms with E-state index in [1.807, 2.05) is 0 Å². The SMILES string of the molecule is COC1=CCC(C2CCN(C[C@]3(C)CCC4(CC4NC(=O)/C=C/c4cc(F)cc(F)c4)C3)CC2)C=C1. The third-order valence-electron chi connectivity index (χ3n) is 9.00. The van der Waals surface area contributed by atoms with Crippen molar-refractivity contribution in [1.29, 1.82) is 0 Å². The Hall–Kier alpha value is -2.47. The lowest BCUT2D eigenvalue weighted by Gasteiger charge is -2.39. The molecule has 2 saturated carbocycles. The van der Waals surface area contributed by atoms with Crippen molar-refractivity contribution in [3.05, 3.63) is 65.5 Å². The maximum absolute atomic E-state index is 13.4. The Morgan fingerprint density at radius 3 is 2.61 bits per heavy atom. The number of piperidine rings is 1. The van der Waals surface area contributed by atoms with Crippen LogP contribution in [0.3, 0.4) is 0 Å². The fraction of sp³-hybridized carbons (Fsp3) is 0.567. The monoisotopic (exact) mass is 496 g/mol. The number of methoxy groups -OCH3 is 1. The van der Waals surface area contributed by atoms with E-state index in [-0.39, 0.29) is 17.4 Å².